The molecule has 6 nitrogen and oxygen atoms in total. The smallest absolute Gasteiger partial charge is 0.250 e. The molecule has 3 rings (SSSR count). The van der Waals surface area contributed by atoms with Crippen LogP contribution in [0.3, 0.4) is 0 Å². The van der Waals surface area contributed by atoms with E-state index in [4.69, 9.17) is 4.84 Å². The second-order valence-corrected chi connectivity index (χ2v) is 15.2. The maximum atomic E-state index is 13.5. The van der Waals surface area contributed by atoms with E-state index < -0.39 is 10.8 Å². The fourth-order valence-electron chi connectivity index (χ4n) is 9.09. The van der Waals surface area contributed by atoms with E-state index >= 15 is 0 Å². The number of Topliss-reactive ketones (excluding diaryl/α,β-unsaturated/α-hetero) is 2. The van der Waals surface area contributed by atoms with Gasteiger partial charge < -0.3 is 4.79 Å². The summed E-state index contributed by atoms with van der Waals surface area (Å²) in [6, 6.07) is 2.16. The number of ketones is 2. The SMILES string of the molecule is CONC(=O)[C@]1(CCC(C)(C)[C@]2(C)CC[C@H]3[C@H](C)C(=O)C(C#N)=C[C@]3(C)[C@H]2CC(C)=O)CCC(C)(C)CC1C. The Morgan fingerprint density at radius 1 is 1.15 bits per heavy atom. The summed E-state index contributed by atoms with van der Waals surface area (Å²) in [4.78, 5) is 44.4. The highest BCUT2D eigenvalue weighted by Gasteiger charge is 2.61. The molecule has 3 aliphatic rings. The Labute approximate surface area is 236 Å². The molecular weight excluding hydrogens is 488 g/mol. The molecule has 2 fully saturated rings. The van der Waals surface area contributed by atoms with Gasteiger partial charge in [-0.2, -0.15) is 5.26 Å². The number of carbonyl (C=O) groups is 3. The quantitative estimate of drug-likeness (QED) is 0.335. The number of fused-ring (bicyclic) bond motifs is 1. The summed E-state index contributed by atoms with van der Waals surface area (Å²) in [6.07, 6.45) is 8.52. The summed E-state index contributed by atoms with van der Waals surface area (Å²) in [5, 5.41) is 9.80. The standard InChI is InChI=1S/C33H52N2O4/c1-21-18-29(4,5)13-15-33(21,28(38)35-39-10)16-14-30(6,7)32(9)12-11-25-23(3)27(37)24(20-34)19-31(25,8)26(32)17-22(2)36/h19,21,23,25-26H,11-18H2,1-10H3,(H,35,38)/t21?,23-,25-,26+,31-,32+,33-/m0/s1. The molecule has 0 saturated heterocycles. The third-order valence-electron chi connectivity index (χ3n) is 12.1. The molecule has 0 bridgehead atoms. The summed E-state index contributed by atoms with van der Waals surface area (Å²) in [7, 11) is 1.50. The van der Waals surface area contributed by atoms with Crippen molar-refractivity contribution in [2.24, 2.45) is 50.7 Å². The highest BCUT2D eigenvalue weighted by Crippen LogP contribution is 2.66. The largest absolute Gasteiger partial charge is 0.300 e. The average molecular weight is 541 g/mol. The first-order chi connectivity index (χ1) is 17.9. The zero-order chi connectivity index (χ0) is 29.6. The monoisotopic (exact) mass is 540 g/mol. The molecule has 0 radical (unpaired) electrons. The van der Waals surface area contributed by atoms with Gasteiger partial charge in [0.15, 0.2) is 5.78 Å². The molecular formula is C33H52N2O4. The van der Waals surface area contributed by atoms with E-state index in [0.29, 0.717) is 6.42 Å². The molecule has 7 atom stereocenters. The molecule has 1 amide bonds. The van der Waals surface area contributed by atoms with Crippen LogP contribution in [0.2, 0.25) is 0 Å². The number of hydroxylamine groups is 1. The van der Waals surface area contributed by atoms with Crippen LogP contribution in [0.15, 0.2) is 11.6 Å². The number of nitriles is 1. The molecule has 0 aromatic carbocycles. The van der Waals surface area contributed by atoms with Gasteiger partial charge in [0.1, 0.15) is 11.9 Å². The molecule has 0 aromatic heterocycles. The normalized spacial score (nSPS) is 38.3. The molecule has 0 spiro atoms. The lowest BCUT2D eigenvalue weighted by atomic mass is 9.41. The Balaban J connectivity index is 2.02. The molecule has 2 saturated carbocycles. The van der Waals surface area contributed by atoms with E-state index in [1.54, 1.807) is 6.92 Å². The van der Waals surface area contributed by atoms with Crippen molar-refractivity contribution >= 4 is 17.5 Å². The number of nitrogens with zero attached hydrogens (tertiary/aromatic N) is 1. The Morgan fingerprint density at radius 2 is 1.79 bits per heavy atom. The van der Waals surface area contributed by atoms with Gasteiger partial charge in [-0.15, -0.1) is 0 Å². The average Bonchev–Trinajstić information content (AvgIpc) is 2.83. The zero-order valence-corrected chi connectivity index (χ0v) is 26.1. The van der Waals surface area contributed by atoms with Crippen molar-refractivity contribution in [1.82, 2.24) is 5.48 Å². The van der Waals surface area contributed by atoms with Crippen molar-refractivity contribution in [3.05, 3.63) is 11.6 Å². The third-order valence-corrected chi connectivity index (χ3v) is 12.1. The van der Waals surface area contributed by atoms with E-state index in [0.717, 1.165) is 44.9 Å². The number of amides is 1. The Bertz CT molecular complexity index is 1070. The first-order valence-corrected chi connectivity index (χ1v) is 14.9. The predicted octanol–water partition coefficient (Wildman–Crippen LogP) is 6.99. The van der Waals surface area contributed by atoms with Gasteiger partial charge in [0.2, 0.25) is 5.91 Å². The van der Waals surface area contributed by atoms with Crippen LogP contribution in [0.1, 0.15) is 114 Å². The van der Waals surface area contributed by atoms with E-state index in [-0.39, 0.29) is 63.0 Å². The number of allylic oxidation sites excluding steroid dienone is 2. The Morgan fingerprint density at radius 3 is 2.33 bits per heavy atom. The van der Waals surface area contributed by atoms with Crippen LogP contribution in [-0.2, 0) is 19.2 Å². The minimum atomic E-state index is -0.504. The van der Waals surface area contributed by atoms with E-state index in [2.05, 4.69) is 60.0 Å². The first kappa shape index (κ1) is 31.5. The number of carbonyl (C=O) groups excluding carboxylic acids is 3. The topological polar surface area (TPSA) is 96.3 Å². The van der Waals surface area contributed by atoms with Crippen LogP contribution >= 0.6 is 0 Å². The minimum Gasteiger partial charge on any atom is -0.300 e. The molecule has 0 aromatic rings. The number of nitrogens with one attached hydrogen (secondary N) is 1. The van der Waals surface area contributed by atoms with Gasteiger partial charge in [-0.25, -0.2) is 5.48 Å². The van der Waals surface area contributed by atoms with Crippen molar-refractivity contribution in [3.63, 3.8) is 0 Å². The third kappa shape index (κ3) is 5.37. The number of rotatable bonds is 8. The molecule has 1 N–H and O–H groups in total. The van der Waals surface area contributed by atoms with Crippen LogP contribution in [0.4, 0.5) is 0 Å². The van der Waals surface area contributed by atoms with Gasteiger partial charge in [0.05, 0.1) is 18.1 Å². The van der Waals surface area contributed by atoms with E-state index in [1.807, 2.05) is 13.0 Å². The van der Waals surface area contributed by atoms with Crippen LogP contribution in [0.25, 0.3) is 0 Å². The maximum absolute atomic E-state index is 13.5. The molecule has 0 heterocycles. The summed E-state index contributed by atoms with van der Waals surface area (Å²) in [5.74, 6) is 0.128. The van der Waals surface area contributed by atoms with Crippen LogP contribution < -0.4 is 5.48 Å². The van der Waals surface area contributed by atoms with Crippen molar-refractivity contribution < 1.29 is 19.2 Å². The highest BCUT2D eigenvalue weighted by molar-refractivity contribution is 6.01. The first-order valence-electron chi connectivity index (χ1n) is 14.9. The Kier molecular flexibility index (Phi) is 8.70. The molecule has 39 heavy (non-hydrogen) atoms. The second-order valence-electron chi connectivity index (χ2n) is 15.2. The maximum Gasteiger partial charge on any atom is 0.250 e. The second kappa shape index (κ2) is 10.8. The summed E-state index contributed by atoms with van der Waals surface area (Å²) in [6.45, 7) is 19.5. The predicted molar refractivity (Wildman–Crippen MR) is 153 cm³/mol. The summed E-state index contributed by atoms with van der Waals surface area (Å²) in [5.41, 5.74) is 1.78. The van der Waals surface area contributed by atoms with E-state index in [1.165, 1.54) is 7.11 Å². The molecule has 1 unspecified atom stereocenters. The van der Waals surface area contributed by atoms with Crippen LogP contribution in [0, 0.1) is 62.1 Å². The molecule has 218 valence electrons. The van der Waals surface area contributed by atoms with Gasteiger partial charge in [0, 0.05) is 12.3 Å². The number of hydrogen-bond acceptors (Lipinski definition) is 5. The van der Waals surface area contributed by atoms with E-state index in [9.17, 15) is 19.6 Å². The lowest BCUT2D eigenvalue weighted by Crippen LogP contribution is -2.58. The van der Waals surface area contributed by atoms with Gasteiger partial charge >= 0.3 is 0 Å². The fourth-order valence-corrected chi connectivity index (χ4v) is 9.09. The van der Waals surface area contributed by atoms with Gasteiger partial charge in [-0.05, 0) is 91.3 Å². The van der Waals surface area contributed by atoms with Gasteiger partial charge in [0.25, 0.3) is 0 Å². The summed E-state index contributed by atoms with van der Waals surface area (Å²) < 4.78 is 0. The fraction of sp³-hybridized carbons (Fsp3) is 0.818. The molecule has 0 aliphatic heterocycles. The summed E-state index contributed by atoms with van der Waals surface area (Å²) >= 11 is 0. The van der Waals surface area contributed by atoms with Crippen molar-refractivity contribution in [3.8, 4) is 6.07 Å². The van der Waals surface area contributed by atoms with Gasteiger partial charge in [-0.3, -0.25) is 14.4 Å². The van der Waals surface area contributed by atoms with Crippen molar-refractivity contribution in [2.75, 3.05) is 7.11 Å². The highest BCUT2D eigenvalue weighted by atomic mass is 16.6. The lowest BCUT2D eigenvalue weighted by Gasteiger charge is -2.63. The zero-order valence-electron chi connectivity index (χ0n) is 26.1. The van der Waals surface area contributed by atoms with Crippen molar-refractivity contribution in [1.29, 1.82) is 5.26 Å². The van der Waals surface area contributed by atoms with Crippen LogP contribution in [-0.4, -0.2) is 24.6 Å². The van der Waals surface area contributed by atoms with Crippen LogP contribution in [0.5, 0.6) is 0 Å². The Hall–Kier alpha value is -2.00. The minimum absolute atomic E-state index is 0.0124. The number of hydrogen-bond donors (Lipinski definition) is 1. The molecule has 6 heteroatoms. The molecule has 3 aliphatic carbocycles. The van der Waals surface area contributed by atoms with Gasteiger partial charge in [-0.1, -0.05) is 61.5 Å². The van der Waals surface area contributed by atoms with Crippen molar-refractivity contribution in [2.45, 2.75) is 114 Å². The lowest BCUT2D eigenvalue weighted by molar-refractivity contribution is -0.155.